The average Bonchev–Trinajstić information content (AvgIpc) is 3.92. The fraction of sp³-hybridized carbons (Fsp3) is 0.364. The lowest BCUT2D eigenvalue weighted by Crippen LogP contribution is -2.39. The molecule has 3 aliphatic rings. The van der Waals surface area contributed by atoms with Crippen molar-refractivity contribution < 1.29 is 27.5 Å². The number of nitrogens with zero attached hydrogens (tertiary/aromatic N) is 3. The molecule has 1 aliphatic heterocycles. The number of aromatic nitrogens is 2. The molecule has 1 amide bonds. The lowest BCUT2D eigenvalue weighted by atomic mass is 9.91. The Morgan fingerprint density at radius 3 is 2.51 bits per heavy atom. The lowest BCUT2D eigenvalue weighted by molar-refractivity contribution is -0.120. The van der Waals surface area contributed by atoms with Crippen LogP contribution in [-0.4, -0.2) is 41.5 Å². The van der Waals surface area contributed by atoms with Crippen molar-refractivity contribution >= 4 is 38.9 Å². The number of nitrogens with two attached hydrogens (primary N) is 1. The number of benzene rings is 2. The summed E-state index contributed by atoms with van der Waals surface area (Å²) in [7, 11) is -4.22. The van der Waals surface area contributed by atoms with E-state index in [2.05, 4.69) is 9.55 Å². The number of carboxylic acids is 1. The Bertz CT molecular complexity index is 1930. The lowest BCUT2D eigenvalue weighted by Gasteiger charge is -2.32. The monoisotopic (exact) mass is 648 g/mol. The van der Waals surface area contributed by atoms with Crippen LogP contribution < -0.4 is 10.0 Å². The van der Waals surface area contributed by atoms with E-state index in [9.17, 15) is 27.5 Å². The minimum absolute atomic E-state index is 0.0302. The van der Waals surface area contributed by atoms with Gasteiger partial charge >= 0.3 is 5.97 Å². The Hall–Kier alpha value is -3.87. The number of hydrogen-bond donors (Lipinski definition) is 2. The average molecular weight is 649 g/mol. The van der Waals surface area contributed by atoms with Crippen molar-refractivity contribution in [2.75, 3.05) is 11.4 Å². The van der Waals surface area contributed by atoms with Crippen LogP contribution in [0.2, 0.25) is 0 Å². The molecule has 3 heterocycles. The molecule has 12 heteroatoms. The second kappa shape index (κ2) is 11.5. The standard InChI is InChI=1S/C33H33FN4O5S2/c34-26-12-20(6-9-30(26)45(35,42)43)17-38-28(16-25(29(38)13-19-4-5-19)32-36-27(18-44-32)33(40)41)23-2-1-3-24(14-23)37-11-10-22(15-31(37)39)21-7-8-21/h1-3,6,9,12,14,16,18-19,21-22H,4-5,7-8,10-11,13,15,17H2,(H,40,41)(H2,35,42,43)/t22-/m0/s1. The van der Waals surface area contributed by atoms with Gasteiger partial charge < -0.3 is 14.6 Å². The first-order valence-corrected chi connectivity index (χ1v) is 17.6. The maximum Gasteiger partial charge on any atom is 0.355 e. The summed E-state index contributed by atoms with van der Waals surface area (Å²) >= 11 is 1.26. The van der Waals surface area contributed by atoms with Crippen molar-refractivity contribution in [1.82, 2.24) is 9.55 Å². The summed E-state index contributed by atoms with van der Waals surface area (Å²) < 4.78 is 40.7. The van der Waals surface area contributed by atoms with Gasteiger partial charge in [0.05, 0.1) is 0 Å². The largest absolute Gasteiger partial charge is 0.476 e. The molecule has 234 valence electrons. The number of rotatable bonds is 10. The predicted molar refractivity (Wildman–Crippen MR) is 169 cm³/mol. The molecule has 1 atom stereocenters. The van der Waals surface area contributed by atoms with Gasteiger partial charge in [0.25, 0.3) is 0 Å². The van der Waals surface area contributed by atoms with Gasteiger partial charge in [0, 0.05) is 53.1 Å². The number of amides is 1. The van der Waals surface area contributed by atoms with E-state index in [1.54, 1.807) is 6.07 Å². The highest BCUT2D eigenvalue weighted by Gasteiger charge is 2.37. The van der Waals surface area contributed by atoms with Crippen LogP contribution in [0.5, 0.6) is 0 Å². The van der Waals surface area contributed by atoms with Crippen LogP contribution in [-0.2, 0) is 27.8 Å². The minimum atomic E-state index is -4.22. The van der Waals surface area contributed by atoms with E-state index in [0.29, 0.717) is 41.3 Å². The molecule has 0 bridgehead atoms. The molecular formula is C33H33FN4O5S2. The fourth-order valence-corrected chi connectivity index (χ4v) is 7.91. The quantitative estimate of drug-likeness (QED) is 0.219. The van der Waals surface area contributed by atoms with Gasteiger partial charge in [-0.3, -0.25) is 4.79 Å². The highest BCUT2D eigenvalue weighted by Crippen LogP contribution is 2.44. The molecule has 2 saturated carbocycles. The number of anilines is 1. The number of halogens is 1. The van der Waals surface area contributed by atoms with E-state index < -0.39 is 26.7 Å². The molecule has 1 saturated heterocycles. The molecule has 2 aliphatic carbocycles. The number of carboxylic acid groups (broad SMARTS) is 1. The van der Waals surface area contributed by atoms with E-state index in [4.69, 9.17) is 5.14 Å². The number of piperidine rings is 1. The highest BCUT2D eigenvalue weighted by molar-refractivity contribution is 7.89. The Morgan fingerprint density at radius 1 is 1.07 bits per heavy atom. The first-order chi connectivity index (χ1) is 21.5. The minimum Gasteiger partial charge on any atom is -0.476 e. The van der Waals surface area contributed by atoms with Gasteiger partial charge in [0.1, 0.15) is 15.7 Å². The number of hydrogen-bond acceptors (Lipinski definition) is 6. The number of sulfonamides is 1. The van der Waals surface area contributed by atoms with Gasteiger partial charge in [-0.05, 0) is 92.2 Å². The normalized spacial score (nSPS) is 18.8. The molecule has 2 aromatic heterocycles. The van der Waals surface area contributed by atoms with Gasteiger partial charge in [-0.15, -0.1) is 11.3 Å². The van der Waals surface area contributed by atoms with Crippen molar-refractivity contribution in [3.05, 3.63) is 76.7 Å². The van der Waals surface area contributed by atoms with E-state index in [1.807, 2.05) is 35.2 Å². The van der Waals surface area contributed by atoms with E-state index in [0.717, 1.165) is 53.9 Å². The van der Waals surface area contributed by atoms with Crippen LogP contribution >= 0.6 is 11.3 Å². The highest BCUT2D eigenvalue weighted by atomic mass is 32.2. The Morgan fingerprint density at radius 2 is 1.87 bits per heavy atom. The van der Waals surface area contributed by atoms with Gasteiger partial charge in [0.15, 0.2) is 5.69 Å². The van der Waals surface area contributed by atoms with E-state index >= 15 is 0 Å². The molecular weight excluding hydrogens is 616 g/mol. The Labute approximate surface area is 264 Å². The van der Waals surface area contributed by atoms with E-state index in [-0.39, 0.29) is 18.1 Å². The summed E-state index contributed by atoms with van der Waals surface area (Å²) in [6, 6.07) is 13.8. The first kappa shape index (κ1) is 29.8. The summed E-state index contributed by atoms with van der Waals surface area (Å²) in [6.07, 6.45) is 6.87. The van der Waals surface area contributed by atoms with Crippen LogP contribution in [0.4, 0.5) is 10.1 Å². The fourth-order valence-electron chi connectivity index (χ4n) is 6.49. The van der Waals surface area contributed by atoms with E-state index in [1.165, 1.54) is 41.7 Å². The number of carbonyl (C=O) groups excluding carboxylic acids is 1. The van der Waals surface area contributed by atoms with Crippen LogP contribution in [0.15, 0.2) is 58.8 Å². The van der Waals surface area contributed by atoms with Gasteiger partial charge in [-0.25, -0.2) is 27.7 Å². The second-order valence-electron chi connectivity index (χ2n) is 12.5. The van der Waals surface area contributed by atoms with Crippen molar-refractivity contribution in [3.8, 4) is 21.8 Å². The summed E-state index contributed by atoms with van der Waals surface area (Å²) in [6.45, 7) is 0.904. The Kier molecular flexibility index (Phi) is 7.61. The van der Waals surface area contributed by atoms with Crippen molar-refractivity contribution in [3.63, 3.8) is 0 Å². The molecule has 3 N–H and O–H groups in total. The molecule has 7 rings (SSSR count). The number of primary sulfonamides is 1. The van der Waals surface area contributed by atoms with Crippen molar-refractivity contribution in [2.24, 2.45) is 22.9 Å². The maximum atomic E-state index is 14.9. The topological polar surface area (TPSA) is 136 Å². The molecule has 0 unspecified atom stereocenters. The predicted octanol–water partition coefficient (Wildman–Crippen LogP) is 5.92. The van der Waals surface area contributed by atoms with Crippen LogP contribution in [0.3, 0.4) is 0 Å². The number of thiazole rings is 1. The summed E-state index contributed by atoms with van der Waals surface area (Å²) in [4.78, 5) is 30.6. The summed E-state index contributed by atoms with van der Waals surface area (Å²) in [5, 5.41) is 16.9. The zero-order chi connectivity index (χ0) is 31.5. The van der Waals surface area contributed by atoms with Gasteiger partial charge in [-0.1, -0.05) is 18.2 Å². The summed E-state index contributed by atoms with van der Waals surface area (Å²) in [5.74, 6) is -0.275. The SMILES string of the molecule is NS(=O)(=O)c1ccc(Cn2c(-c3cccc(N4CC[C@H](C5CC5)CC4=O)c3)cc(-c3nc(C(=O)O)cs3)c2CC2CC2)cc1F. The third-order valence-electron chi connectivity index (χ3n) is 9.19. The number of carbonyl (C=O) groups is 2. The molecule has 2 aromatic carbocycles. The van der Waals surface area contributed by atoms with Crippen LogP contribution in [0.1, 0.15) is 60.3 Å². The number of aromatic carboxylic acids is 1. The zero-order valence-corrected chi connectivity index (χ0v) is 26.1. The zero-order valence-electron chi connectivity index (χ0n) is 24.5. The van der Waals surface area contributed by atoms with Crippen molar-refractivity contribution in [1.29, 1.82) is 0 Å². The third-order valence-corrected chi connectivity index (χ3v) is 11.0. The van der Waals surface area contributed by atoms with Crippen LogP contribution in [0.25, 0.3) is 21.8 Å². The first-order valence-electron chi connectivity index (χ1n) is 15.2. The van der Waals surface area contributed by atoms with Gasteiger partial charge in [-0.2, -0.15) is 0 Å². The molecule has 45 heavy (non-hydrogen) atoms. The molecule has 0 spiro atoms. The van der Waals surface area contributed by atoms with Gasteiger partial charge in [0.2, 0.25) is 15.9 Å². The molecule has 0 radical (unpaired) electrons. The summed E-state index contributed by atoms with van der Waals surface area (Å²) in [5.41, 5.74) is 4.74. The maximum absolute atomic E-state index is 14.9. The van der Waals surface area contributed by atoms with Crippen LogP contribution in [0, 0.1) is 23.6 Å². The molecule has 3 fully saturated rings. The molecule has 4 aromatic rings. The smallest absolute Gasteiger partial charge is 0.355 e. The second-order valence-corrected chi connectivity index (χ2v) is 14.9. The molecule has 9 nitrogen and oxygen atoms in total. The third kappa shape index (κ3) is 6.18. The Balaban J connectivity index is 1.32. The van der Waals surface area contributed by atoms with Crippen molar-refractivity contribution in [2.45, 2.75) is 56.4 Å².